The molecule has 4 aliphatic carbocycles. The van der Waals surface area contributed by atoms with Crippen molar-refractivity contribution in [1.82, 2.24) is 20.1 Å². The minimum atomic E-state index is -0.218. The molecule has 2 bridgehead atoms. The molecular formula is C21H28N4OS. The number of hydrogen-bond acceptors (Lipinski definition) is 4. The first-order valence-corrected chi connectivity index (χ1v) is 11.1. The van der Waals surface area contributed by atoms with Gasteiger partial charge < -0.3 is 5.32 Å². The van der Waals surface area contributed by atoms with E-state index < -0.39 is 0 Å². The molecule has 0 aliphatic heterocycles. The number of rotatable bonds is 5. The summed E-state index contributed by atoms with van der Waals surface area (Å²) in [7, 11) is 0. The molecule has 5 nitrogen and oxygen atoms in total. The van der Waals surface area contributed by atoms with Gasteiger partial charge in [0.2, 0.25) is 5.91 Å². The molecule has 4 saturated carbocycles. The van der Waals surface area contributed by atoms with E-state index in [0.29, 0.717) is 12.0 Å². The van der Waals surface area contributed by atoms with Gasteiger partial charge in [0.05, 0.1) is 11.5 Å². The highest BCUT2D eigenvalue weighted by molar-refractivity contribution is 7.09. The first-order chi connectivity index (χ1) is 13.0. The van der Waals surface area contributed by atoms with Gasteiger partial charge in [-0.05, 0) is 71.3 Å². The van der Waals surface area contributed by atoms with Crippen LogP contribution in [0, 0.1) is 18.8 Å². The first-order valence-electron chi connectivity index (χ1n) is 10.2. The molecule has 0 spiro atoms. The summed E-state index contributed by atoms with van der Waals surface area (Å²) in [6, 6.07) is 2.47. The second-order valence-electron chi connectivity index (χ2n) is 9.11. The third-order valence-corrected chi connectivity index (χ3v) is 8.37. The van der Waals surface area contributed by atoms with Crippen molar-refractivity contribution in [2.24, 2.45) is 11.8 Å². The van der Waals surface area contributed by atoms with Crippen LogP contribution in [-0.2, 0) is 15.7 Å². The zero-order chi connectivity index (χ0) is 18.8. The highest BCUT2D eigenvalue weighted by Gasteiger charge is 2.64. The van der Waals surface area contributed by atoms with Gasteiger partial charge in [-0.2, -0.15) is 5.10 Å². The van der Waals surface area contributed by atoms with Crippen LogP contribution in [0.2, 0.25) is 0 Å². The van der Waals surface area contributed by atoms with E-state index in [4.69, 9.17) is 4.98 Å². The monoisotopic (exact) mass is 384 g/mol. The molecule has 3 atom stereocenters. The smallest absolute Gasteiger partial charge is 0.225 e. The number of carbonyl (C=O) groups is 1. The molecule has 2 aromatic rings. The molecule has 0 saturated heterocycles. The topological polar surface area (TPSA) is 59.8 Å². The number of fused-ring (bicyclic) bond motifs is 1. The van der Waals surface area contributed by atoms with E-state index >= 15 is 0 Å². The van der Waals surface area contributed by atoms with Gasteiger partial charge in [0.15, 0.2) is 0 Å². The van der Waals surface area contributed by atoms with E-state index in [2.05, 4.69) is 40.4 Å². The molecule has 3 unspecified atom stereocenters. The van der Waals surface area contributed by atoms with E-state index in [1.54, 1.807) is 11.3 Å². The van der Waals surface area contributed by atoms with Crippen molar-refractivity contribution in [1.29, 1.82) is 0 Å². The molecule has 2 heterocycles. The number of aromatic nitrogens is 3. The maximum absolute atomic E-state index is 13.5. The van der Waals surface area contributed by atoms with E-state index in [0.717, 1.165) is 49.2 Å². The normalized spacial score (nSPS) is 30.8. The summed E-state index contributed by atoms with van der Waals surface area (Å²) >= 11 is 1.69. The predicted octanol–water partition coefficient (Wildman–Crippen LogP) is 4.09. The molecule has 27 heavy (non-hydrogen) atoms. The van der Waals surface area contributed by atoms with Crippen LogP contribution in [-0.4, -0.2) is 20.7 Å². The molecule has 6 rings (SSSR count). The largest absolute Gasteiger partial charge is 0.344 e. The summed E-state index contributed by atoms with van der Waals surface area (Å²) in [5.74, 6) is 0.855. The summed E-state index contributed by atoms with van der Waals surface area (Å²) < 4.78 is 2.13. The van der Waals surface area contributed by atoms with Crippen molar-refractivity contribution in [3.63, 3.8) is 0 Å². The molecule has 4 fully saturated rings. The van der Waals surface area contributed by atoms with Crippen LogP contribution >= 0.6 is 11.3 Å². The van der Waals surface area contributed by atoms with Crippen molar-refractivity contribution in [3.05, 3.63) is 34.0 Å². The molecule has 0 aromatic carbocycles. The second kappa shape index (κ2) is 5.90. The number of nitrogens with zero attached hydrogens (tertiary/aromatic N) is 3. The fourth-order valence-corrected chi connectivity index (χ4v) is 6.77. The van der Waals surface area contributed by atoms with Crippen molar-refractivity contribution in [2.45, 2.75) is 76.3 Å². The van der Waals surface area contributed by atoms with Gasteiger partial charge in [-0.3, -0.25) is 9.48 Å². The Labute approximate surface area is 164 Å². The molecule has 4 aliphatic rings. The zero-order valence-corrected chi connectivity index (χ0v) is 17.2. The number of nitrogens with one attached hydrogen (secondary N) is 1. The van der Waals surface area contributed by atoms with Crippen molar-refractivity contribution in [2.75, 3.05) is 0 Å². The Hall–Kier alpha value is -1.69. The minimum absolute atomic E-state index is 0.0146. The summed E-state index contributed by atoms with van der Waals surface area (Å²) in [4.78, 5) is 18.2. The highest BCUT2D eigenvalue weighted by Crippen LogP contribution is 2.64. The number of amides is 1. The lowest BCUT2D eigenvalue weighted by atomic mass is 9.57. The van der Waals surface area contributed by atoms with Crippen LogP contribution in [0.15, 0.2) is 17.6 Å². The average molecular weight is 385 g/mol. The predicted molar refractivity (Wildman–Crippen MR) is 106 cm³/mol. The maximum atomic E-state index is 13.5. The van der Waals surface area contributed by atoms with E-state index in [1.807, 2.05) is 13.1 Å². The van der Waals surface area contributed by atoms with Gasteiger partial charge in [0.1, 0.15) is 5.01 Å². The molecule has 1 amide bonds. The summed E-state index contributed by atoms with van der Waals surface area (Å²) in [6.45, 7) is 6.37. The van der Waals surface area contributed by atoms with Crippen LogP contribution in [0.3, 0.4) is 0 Å². The third-order valence-electron chi connectivity index (χ3n) is 7.20. The van der Waals surface area contributed by atoms with E-state index in [-0.39, 0.29) is 22.8 Å². The van der Waals surface area contributed by atoms with Gasteiger partial charge >= 0.3 is 0 Å². The molecule has 1 N–H and O–H groups in total. The van der Waals surface area contributed by atoms with Crippen LogP contribution in [0.25, 0.3) is 0 Å². The highest BCUT2D eigenvalue weighted by atomic mass is 32.1. The Morgan fingerprint density at radius 3 is 2.78 bits per heavy atom. The lowest BCUT2D eigenvalue weighted by Crippen LogP contribution is -2.59. The number of carbonyl (C=O) groups excluding carboxylic acids is 1. The maximum Gasteiger partial charge on any atom is 0.225 e. The Morgan fingerprint density at radius 2 is 2.19 bits per heavy atom. The van der Waals surface area contributed by atoms with Crippen LogP contribution in [0.4, 0.5) is 0 Å². The summed E-state index contributed by atoms with van der Waals surface area (Å²) in [5, 5.41) is 11.2. The van der Waals surface area contributed by atoms with Crippen LogP contribution < -0.4 is 5.32 Å². The zero-order valence-electron chi connectivity index (χ0n) is 16.4. The van der Waals surface area contributed by atoms with Gasteiger partial charge in [-0.25, -0.2) is 4.98 Å². The quantitative estimate of drug-likeness (QED) is 0.844. The average Bonchev–Trinajstić information content (AvgIpc) is 3.32. The minimum Gasteiger partial charge on any atom is -0.344 e. The number of hydrogen-bond donors (Lipinski definition) is 1. The number of aryl methyl sites for hydroxylation is 1. The Kier molecular flexibility index (Phi) is 3.81. The third kappa shape index (κ3) is 2.38. The van der Waals surface area contributed by atoms with E-state index in [1.165, 1.54) is 5.69 Å². The SMILES string of the molecule is Cc1csc(C2(NC(=O)C3C4CCC3(c3ccnn3C(C)C)C4)CCC2)n1. The van der Waals surface area contributed by atoms with Crippen molar-refractivity contribution >= 4 is 17.2 Å². The molecule has 144 valence electrons. The lowest BCUT2D eigenvalue weighted by Gasteiger charge is -2.49. The molecule has 6 heteroatoms. The summed E-state index contributed by atoms with van der Waals surface area (Å²) in [6.07, 6.45) is 8.49. The van der Waals surface area contributed by atoms with Gasteiger partial charge in [-0.15, -0.1) is 11.3 Å². The van der Waals surface area contributed by atoms with E-state index in [9.17, 15) is 4.79 Å². The Bertz CT molecular complexity index is 876. The second-order valence-corrected chi connectivity index (χ2v) is 9.97. The van der Waals surface area contributed by atoms with Crippen LogP contribution in [0.1, 0.15) is 74.8 Å². The van der Waals surface area contributed by atoms with Gasteiger partial charge in [0.25, 0.3) is 0 Å². The Balaban J connectivity index is 1.43. The lowest BCUT2D eigenvalue weighted by molar-refractivity contribution is -0.136. The standard InChI is InChI=1S/C21H28N4OS/c1-13(2)25-16(6-10-22-25)20-9-5-15(11-20)17(20)18(26)24-21(7-4-8-21)19-23-14(3)12-27-19/h6,10,12-13,15,17H,4-5,7-9,11H2,1-3H3,(H,24,26). The molecule has 2 aromatic heterocycles. The van der Waals surface area contributed by atoms with Gasteiger partial charge in [-0.1, -0.05) is 0 Å². The fourth-order valence-electron chi connectivity index (χ4n) is 5.76. The van der Waals surface area contributed by atoms with Gasteiger partial charge in [0, 0.05) is 34.4 Å². The Morgan fingerprint density at radius 1 is 1.37 bits per heavy atom. The summed E-state index contributed by atoms with van der Waals surface area (Å²) in [5.41, 5.74) is 2.08. The molecule has 0 radical (unpaired) electrons. The molecular weight excluding hydrogens is 356 g/mol. The fraction of sp³-hybridized carbons (Fsp3) is 0.667. The van der Waals surface area contributed by atoms with Crippen molar-refractivity contribution in [3.8, 4) is 0 Å². The number of thiazole rings is 1. The first kappa shape index (κ1) is 17.4. The van der Waals surface area contributed by atoms with Crippen molar-refractivity contribution < 1.29 is 4.79 Å². The van der Waals surface area contributed by atoms with Crippen LogP contribution in [0.5, 0.6) is 0 Å².